The predicted molar refractivity (Wildman–Crippen MR) is 184 cm³/mol. The minimum atomic E-state index is -0.499. The van der Waals surface area contributed by atoms with Crippen molar-refractivity contribution in [1.82, 2.24) is 24.3 Å². The highest BCUT2D eigenvalue weighted by Gasteiger charge is 2.29. The van der Waals surface area contributed by atoms with E-state index in [1.807, 2.05) is 63.1 Å². The third-order valence-electron chi connectivity index (χ3n) is 8.80. The number of methoxy groups -OCH3 is 2. The van der Waals surface area contributed by atoms with E-state index >= 15 is 0 Å². The molecule has 0 unspecified atom stereocenters. The van der Waals surface area contributed by atoms with Crippen LogP contribution < -0.4 is 24.2 Å². The summed E-state index contributed by atoms with van der Waals surface area (Å²) < 4.78 is 18.5. The van der Waals surface area contributed by atoms with E-state index in [1.54, 1.807) is 25.2 Å². The number of piperidine rings is 1. The number of anilines is 3. The fourth-order valence-electron chi connectivity index (χ4n) is 6.16. The lowest BCUT2D eigenvalue weighted by atomic mass is 10.0. The van der Waals surface area contributed by atoms with Crippen LogP contribution in [0.1, 0.15) is 33.6 Å². The Hall–Kier alpha value is -4.45. The molecule has 2 aliphatic rings. The maximum absolute atomic E-state index is 12.5. The van der Waals surface area contributed by atoms with Crippen LogP contribution in [-0.4, -0.2) is 103 Å². The first-order valence-corrected chi connectivity index (χ1v) is 16.3. The van der Waals surface area contributed by atoms with Crippen molar-refractivity contribution in [2.75, 3.05) is 75.2 Å². The minimum absolute atomic E-state index is 0.157. The fourth-order valence-corrected chi connectivity index (χ4v) is 6.40. The van der Waals surface area contributed by atoms with Gasteiger partial charge in [0.2, 0.25) is 5.95 Å². The van der Waals surface area contributed by atoms with Crippen LogP contribution in [0.3, 0.4) is 0 Å². The van der Waals surface area contributed by atoms with E-state index in [-0.39, 0.29) is 12.1 Å². The highest BCUT2D eigenvalue weighted by Crippen LogP contribution is 2.38. The van der Waals surface area contributed by atoms with Crippen LogP contribution in [-0.2, 0) is 4.74 Å². The van der Waals surface area contributed by atoms with Crippen molar-refractivity contribution in [3.63, 3.8) is 0 Å². The number of piperazine rings is 1. The maximum Gasteiger partial charge on any atom is 0.410 e. The largest absolute Gasteiger partial charge is 0.496 e. The lowest BCUT2D eigenvalue weighted by Gasteiger charge is -2.38. The van der Waals surface area contributed by atoms with Crippen LogP contribution in [0.2, 0.25) is 5.02 Å². The van der Waals surface area contributed by atoms with Crippen molar-refractivity contribution in [1.29, 1.82) is 0 Å². The van der Waals surface area contributed by atoms with Gasteiger partial charge >= 0.3 is 6.09 Å². The van der Waals surface area contributed by atoms with Crippen molar-refractivity contribution < 1.29 is 19.0 Å². The lowest BCUT2D eigenvalue weighted by Crippen LogP contribution is -2.47. The molecule has 1 amide bonds. The molecule has 0 bridgehead atoms. The van der Waals surface area contributed by atoms with E-state index in [0.717, 1.165) is 86.3 Å². The highest BCUT2D eigenvalue weighted by atomic mass is 35.5. The van der Waals surface area contributed by atoms with Crippen LogP contribution >= 0.6 is 11.6 Å². The smallest absolute Gasteiger partial charge is 0.410 e. The number of pyridine rings is 1. The zero-order valence-corrected chi connectivity index (χ0v) is 28.7. The van der Waals surface area contributed by atoms with Crippen molar-refractivity contribution in [3.05, 3.63) is 54.1 Å². The zero-order chi connectivity index (χ0) is 33.3. The Balaban J connectivity index is 1.04. The number of carbonyl (C=O) groups excluding carboxylic acids is 1. The van der Waals surface area contributed by atoms with Gasteiger partial charge < -0.3 is 38.2 Å². The van der Waals surface area contributed by atoms with E-state index < -0.39 is 5.60 Å². The van der Waals surface area contributed by atoms with Gasteiger partial charge in [0.15, 0.2) is 0 Å². The predicted octanol–water partition coefficient (Wildman–Crippen LogP) is 5.62. The first-order valence-electron chi connectivity index (χ1n) is 16.0. The number of fused-ring (bicyclic) bond motifs is 1. The van der Waals surface area contributed by atoms with Gasteiger partial charge in [0, 0.05) is 88.1 Å². The molecule has 13 heteroatoms. The Morgan fingerprint density at radius 3 is 2.17 bits per heavy atom. The minimum Gasteiger partial charge on any atom is -0.496 e. The van der Waals surface area contributed by atoms with Crippen molar-refractivity contribution in [3.8, 4) is 22.8 Å². The van der Waals surface area contributed by atoms with Gasteiger partial charge in [-0.3, -0.25) is 0 Å². The van der Waals surface area contributed by atoms with Crippen LogP contribution in [0, 0.1) is 0 Å². The average Bonchev–Trinajstić information content (AvgIpc) is 3.51. The quantitative estimate of drug-likeness (QED) is 0.248. The Morgan fingerprint density at radius 2 is 1.53 bits per heavy atom. The van der Waals surface area contributed by atoms with Crippen molar-refractivity contribution >= 4 is 40.7 Å². The number of nitrogens with zero attached hydrogens (tertiary/aromatic N) is 8. The monoisotopic (exact) mass is 662 g/mol. The van der Waals surface area contributed by atoms with Gasteiger partial charge in [-0.25, -0.2) is 19.7 Å². The third-order valence-corrected chi connectivity index (χ3v) is 9.10. The number of carbonyl (C=O) groups is 1. The summed E-state index contributed by atoms with van der Waals surface area (Å²) in [7, 11) is 5.03. The summed E-state index contributed by atoms with van der Waals surface area (Å²) in [6, 6.07) is 7.99. The lowest BCUT2D eigenvalue weighted by molar-refractivity contribution is 0.0201. The third kappa shape index (κ3) is 7.12. The molecular weight excluding hydrogens is 620 g/mol. The Kier molecular flexibility index (Phi) is 9.23. The number of imidazole rings is 1. The van der Waals surface area contributed by atoms with Crippen molar-refractivity contribution in [2.24, 2.45) is 0 Å². The fraction of sp³-hybridized carbons (Fsp3) is 0.471. The van der Waals surface area contributed by atoms with Crippen LogP contribution in [0.4, 0.5) is 22.1 Å². The molecule has 1 aromatic carbocycles. The van der Waals surface area contributed by atoms with Gasteiger partial charge in [0.05, 0.1) is 43.0 Å². The molecule has 12 nitrogen and oxygen atoms in total. The number of hydrogen-bond donors (Lipinski definition) is 0. The van der Waals surface area contributed by atoms with Gasteiger partial charge in [-0.15, -0.1) is 0 Å². The van der Waals surface area contributed by atoms with Crippen molar-refractivity contribution in [2.45, 2.75) is 45.3 Å². The number of benzene rings is 1. The van der Waals surface area contributed by atoms with Gasteiger partial charge in [0.1, 0.15) is 22.7 Å². The summed E-state index contributed by atoms with van der Waals surface area (Å²) in [5, 5.41) is 0.502. The second kappa shape index (κ2) is 13.3. The molecule has 47 heavy (non-hydrogen) atoms. The molecule has 2 fully saturated rings. The van der Waals surface area contributed by atoms with Crippen LogP contribution in [0.5, 0.6) is 11.5 Å². The Labute approximate surface area is 280 Å². The molecule has 0 radical (unpaired) electrons. The number of amides is 1. The Morgan fingerprint density at radius 1 is 0.894 bits per heavy atom. The topological polar surface area (TPSA) is 101 Å². The zero-order valence-electron chi connectivity index (χ0n) is 27.9. The number of hydrogen-bond acceptors (Lipinski definition) is 10. The Bertz CT molecular complexity index is 1710. The molecule has 0 atom stereocenters. The van der Waals surface area contributed by atoms with Gasteiger partial charge in [0.25, 0.3) is 0 Å². The average molecular weight is 663 g/mol. The van der Waals surface area contributed by atoms with E-state index in [4.69, 9.17) is 40.8 Å². The maximum atomic E-state index is 12.5. The molecule has 0 N–H and O–H groups in total. The highest BCUT2D eigenvalue weighted by molar-refractivity contribution is 6.32. The molecular formula is C34H43ClN8O4. The number of aromatic nitrogens is 4. The first-order chi connectivity index (χ1) is 22.5. The molecule has 0 saturated carbocycles. The molecule has 6 rings (SSSR count). The van der Waals surface area contributed by atoms with Crippen LogP contribution in [0.15, 0.2) is 49.1 Å². The second-order valence-electron chi connectivity index (χ2n) is 13.0. The molecule has 4 aromatic rings. The van der Waals surface area contributed by atoms with Gasteiger partial charge in [-0.1, -0.05) is 11.6 Å². The summed E-state index contributed by atoms with van der Waals surface area (Å²) in [6.45, 7) is 10.7. The molecule has 0 aliphatic carbocycles. The molecule has 2 saturated heterocycles. The standard InChI is InChI=1S/C34H43ClN8O4/c1-34(2,3)47-33(44)39(4)23-7-10-40(11-8-23)25-20-36-32(37-21-25)42-15-13-41(14-16-42)24-9-12-43-22-28(38-31(43)17-24)26-18-27(35)30(46-6)19-29(26)45-5/h9,12,17-23H,7-8,10-11,13-16H2,1-6H3. The van der Waals surface area contributed by atoms with Gasteiger partial charge in [-0.2, -0.15) is 0 Å². The second-order valence-corrected chi connectivity index (χ2v) is 13.4. The summed E-state index contributed by atoms with van der Waals surface area (Å²) in [6.07, 6.45) is 9.32. The molecule has 0 spiro atoms. The van der Waals surface area contributed by atoms with E-state index in [2.05, 4.69) is 26.8 Å². The number of halogens is 1. The normalized spacial score (nSPS) is 16.0. The first kappa shape index (κ1) is 32.5. The summed E-state index contributed by atoms with van der Waals surface area (Å²) in [5.41, 5.74) is 4.04. The number of rotatable bonds is 7. The molecule has 5 heterocycles. The summed E-state index contributed by atoms with van der Waals surface area (Å²) >= 11 is 6.42. The SMILES string of the molecule is COc1cc(OC)c(-c2cn3ccc(N4CCN(c5ncc(N6CCC(N(C)C(=O)OC(C)(C)C)CC6)cn5)CC4)cc3n2)cc1Cl. The summed E-state index contributed by atoms with van der Waals surface area (Å²) in [4.78, 5) is 35.5. The van der Waals surface area contributed by atoms with E-state index in [0.29, 0.717) is 16.5 Å². The molecule has 250 valence electrons. The molecule has 2 aliphatic heterocycles. The van der Waals surface area contributed by atoms with Gasteiger partial charge in [-0.05, 0) is 45.7 Å². The summed E-state index contributed by atoms with van der Waals surface area (Å²) in [5.74, 6) is 1.95. The number of ether oxygens (including phenoxy) is 3. The van der Waals surface area contributed by atoms with E-state index in [1.165, 1.54) is 0 Å². The van der Waals surface area contributed by atoms with E-state index in [9.17, 15) is 4.79 Å². The van der Waals surface area contributed by atoms with Crippen LogP contribution in [0.25, 0.3) is 16.9 Å². The molecule has 3 aromatic heterocycles.